The molecular weight excluding hydrogens is 146 g/mol. The van der Waals surface area contributed by atoms with Gasteiger partial charge in [0.15, 0.2) is 0 Å². The summed E-state index contributed by atoms with van der Waals surface area (Å²) in [5, 5.41) is 5.92. The van der Waals surface area contributed by atoms with E-state index in [0.717, 1.165) is 0 Å². The molecule has 0 amide bonds. The van der Waals surface area contributed by atoms with Gasteiger partial charge < -0.3 is 4.74 Å². The maximum atomic E-state index is 11.0. The largest absolute Gasteiger partial charge is 0.457 e. The Bertz CT molecular complexity index is 230. The van der Waals surface area contributed by atoms with E-state index in [1.165, 1.54) is 6.33 Å². The standard InChI is InChI=1S/C6H9N3O2/c1-4(2)11-6(10)5-7-3-8-9-5/h3-4H,1-2H3,(H,7,8,9). The molecular formula is C6H9N3O2. The van der Waals surface area contributed by atoms with Crippen molar-refractivity contribution in [2.75, 3.05) is 0 Å². The molecule has 5 nitrogen and oxygen atoms in total. The SMILES string of the molecule is CC(C)OC(=O)c1ncn[nH]1. The fraction of sp³-hybridized carbons (Fsp3) is 0.500. The molecule has 0 fully saturated rings. The molecule has 0 saturated heterocycles. The van der Waals surface area contributed by atoms with Crippen LogP contribution in [0.15, 0.2) is 6.33 Å². The van der Waals surface area contributed by atoms with Gasteiger partial charge in [0.05, 0.1) is 6.10 Å². The highest BCUT2D eigenvalue weighted by Gasteiger charge is 2.10. The van der Waals surface area contributed by atoms with E-state index in [0.29, 0.717) is 0 Å². The van der Waals surface area contributed by atoms with Crippen LogP contribution in [0.1, 0.15) is 24.5 Å². The minimum absolute atomic E-state index is 0.132. The number of hydrogen-bond acceptors (Lipinski definition) is 4. The first-order chi connectivity index (χ1) is 5.20. The molecule has 0 unspecified atom stereocenters. The lowest BCUT2D eigenvalue weighted by molar-refractivity contribution is 0.0364. The van der Waals surface area contributed by atoms with E-state index in [2.05, 4.69) is 15.2 Å². The van der Waals surface area contributed by atoms with E-state index in [-0.39, 0.29) is 11.9 Å². The molecule has 0 radical (unpaired) electrons. The molecule has 0 bridgehead atoms. The predicted octanol–water partition coefficient (Wildman–Crippen LogP) is 0.370. The van der Waals surface area contributed by atoms with Crippen molar-refractivity contribution in [1.29, 1.82) is 0 Å². The van der Waals surface area contributed by atoms with Gasteiger partial charge >= 0.3 is 5.97 Å². The van der Waals surface area contributed by atoms with Crippen molar-refractivity contribution >= 4 is 5.97 Å². The molecule has 0 aromatic carbocycles. The molecule has 11 heavy (non-hydrogen) atoms. The number of hydrogen-bond donors (Lipinski definition) is 1. The molecule has 1 aromatic heterocycles. The third-order valence-electron chi connectivity index (χ3n) is 0.951. The summed E-state index contributed by atoms with van der Waals surface area (Å²) in [6.45, 7) is 3.54. The number of rotatable bonds is 2. The molecule has 1 aromatic rings. The number of H-pyrrole nitrogens is 1. The van der Waals surface area contributed by atoms with Gasteiger partial charge in [-0.25, -0.2) is 9.78 Å². The second-order valence-electron chi connectivity index (χ2n) is 2.29. The van der Waals surface area contributed by atoms with E-state index in [1.807, 2.05) is 0 Å². The first-order valence-corrected chi connectivity index (χ1v) is 3.26. The van der Waals surface area contributed by atoms with Crippen LogP contribution in [-0.4, -0.2) is 27.3 Å². The molecule has 1 N–H and O–H groups in total. The summed E-state index contributed by atoms with van der Waals surface area (Å²) in [5.41, 5.74) is 0. The minimum Gasteiger partial charge on any atom is -0.457 e. The quantitative estimate of drug-likeness (QED) is 0.626. The summed E-state index contributed by atoms with van der Waals surface area (Å²) in [7, 11) is 0. The zero-order chi connectivity index (χ0) is 8.27. The second-order valence-corrected chi connectivity index (χ2v) is 2.29. The zero-order valence-corrected chi connectivity index (χ0v) is 6.37. The number of aromatic nitrogens is 3. The van der Waals surface area contributed by atoms with Crippen molar-refractivity contribution in [2.45, 2.75) is 20.0 Å². The molecule has 1 rings (SSSR count). The monoisotopic (exact) mass is 155 g/mol. The van der Waals surface area contributed by atoms with Crippen molar-refractivity contribution in [1.82, 2.24) is 15.2 Å². The Morgan fingerprint density at radius 3 is 2.91 bits per heavy atom. The average Bonchev–Trinajstić information content (AvgIpc) is 2.35. The van der Waals surface area contributed by atoms with Crippen LogP contribution in [0.25, 0.3) is 0 Å². The summed E-state index contributed by atoms with van der Waals surface area (Å²) in [6.07, 6.45) is 1.13. The number of carbonyl (C=O) groups is 1. The third kappa shape index (κ3) is 2.03. The van der Waals surface area contributed by atoms with Crippen LogP contribution in [0, 0.1) is 0 Å². The molecule has 0 saturated carbocycles. The Hall–Kier alpha value is -1.39. The minimum atomic E-state index is -0.475. The van der Waals surface area contributed by atoms with Gasteiger partial charge in [0, 0.05) is 0 Å². The van der Waals surface area contributed by atoms with Crippen molar-refractivity contribution in [3.05, 3.63) is 12.2 Å². The van der Waals surface area contributed by atoms with Crippen LogP contribution >= 0.6 is 0 Å². The van der Waals surface area contributed by atoms with Gasteiger partial charge in [-0.15, -0.1) is 0 Å². The van der Waals surface area contributed by atoms with Gasteiger partial charge in [-0.2, -0.15) is 5.10 Å². The van der Waals surface area contributed by atoms with Gasteiger partial charge in [0.25, 0.3) is 0 Å². The number of nitrogens with zero attached hydrogens (tertiary/aromatic N) is 2. The normalized spacial score (nSPS) is 10.1. The smallest absolute Gasteiger partial charge is 0.376 e. The first-order valence-electron chi connectivity index (χ1n) is 3.26. The third-order valence-corrected chi connectivity index (χ3v) is 0.951. The number of carbonyl (C=O) groups excluding carboxylic acids is 1. The molecule has 0 aliphatic rings. The lowest BCUT2D eigenvalue weighted by atomic mass is 10.5. The molecule has 0 atom stereocenters. The zero-order valence-electron chi connectivity index (χ0n) is 6.37. The highest BCUT2D eigenvalue weighted by Crippen LogP contribution is 1.95. The van der Waals surface area contributed by atoms with E-state index >= 15 is 0 Å². The predicted molar refractivity (Wildman–Crippen MR) is 36.9 cm³/mol. The first kappa shape index (κ1) is 7.71. The summed E-state index contributed by atoms with van der Waals surface area (Å²) in [6, 6.07) is 0. The second kappa shape index (κ2) is 3.14. The van der Waals surface area contributed by atoms with Gasteiger partial charge in [-0.1, -0.05) is 0 Å². The van der Waals surface area contributed by atoms with Crippen molar-refractivity contribution < 1.29 is 9.53 Å². The van der Waals surface area contributed by atoms with Crippen molar-refractivity contribution in [2.24, 2.45) is 0 Å². The summed E-state index contributed by atoms with van der Waals surface area (Å²) >= 11 is 0. The lowest BCUT2D eigenvalue weighted by Crippen LogP contribution is -2.12. The number of esters is 1. The maximum Gasteiger partial charge on any atom is 0.376 e. The van der Waals surface area contributed by atoms with Gasteiger partial charge in [0.1, 0.15) is 6.33 Å². The summed E-state index contributed by atoms with van der Waals surface area (Å²) in [4.78, 5) is 14.6. The average molecular weight is 155 g/mol. The van der Waals surface area contributed by atoms with Crippen molar-refractivity contribution in [3.63, 3.8) is 0 Å². The summed E-state index contributed by atoms with van der Waals surface area (Å²) in [5.74, 6) is -0.337. The number of ether oxygens (including phenoxy) is 1. The lowest BCUT2D eigenvalue weighted by Gasteiger charge is -2.04. The summed E-state index contributed by atoms with van der Waals surface area (Å²) < 4.78 is 4.82. The Kier molecular flexibility index (Phi) is 2.20. The van der Waals surface area contributed by atoms with Crippen LogP contribution in [0.5, 0.6) is 0 Å². The molecule has 0 spiro atoms. The molecule has 0 aliphatic carbocycles. The fourth-order valence-corrected chi connectivity index (χ4v) is 0.574. The van der Waals surface area contributed by atoms with Gasteiger partial charge in [-0.05, 0) is 13.8 Å². The van der Waals surface area contributed by atoms with E-state index in [1.54, 1.807) is 13.8 Å². The van der Waals surface area contributed by atoms with Crippen LogP contribution in [0.4, 0.5) is 0 Å². The Morgan fingerprint density at radius 1 is 1.73 bits per heavy atom. The number of nitrogens with one attached hydrogen (secondary N) is 1. The maximum absolute atomic E-state index is 11.0. The van der Waals surface area contributed by atoms with E-state index in [4.69, 9.17) is 4.74 Å². The Balaban J connectivity index is 2.57. The highest BCUT2D eigenvalue weighted by atomic mass is 16.5. The molecule has 60 valence electrons. The Labute approximate surface area is 63.8 Å². The van der Waals surface area contributed by atoms with E-state index in [9.17, 15) is 4.79 Å². The highest BCUT2D eigenvalue weighted by molar-refractivity contribution is 5.84. The topological polar surface area (TPSA) is 67.9 Å². The van der Waals surface area contributed by atoms with Crippen LogP contribution in [-0.2, 0) is 4.74 Å². The fourth-order valence-electron chi connectivity index (χ4n) is 0.574. The van der Waals surface area contributed by atoms with Gasteiger partial charge in [0.2, 0.25) is 5.82 Å². The molecule has 1 heterocycles. The molecule has 0 aliphatic heterocycles. The Morgan fingerprint density at radius 2 is 2.45 bits per heavy atom. The van der Waals surface area contributed by atoms with Crippen LogP contribution in [0.3, 0.4) is 0 Å². The van der Waals surface area contributed by atoms with Gasteiger partial charge in [-0.3, -0.25) is 5.10 Å². The van der Waals surface area contributed by atoms with Crippen LogP contribution in [0.2, 0.25) is 0 Å². The van der Waals surface area contributed by atoms with E-state index < -0.39 is 5.97 Å². The van der Waals surface area contributed by atoms with Crippen LogP contribution < -0.4 is 0 Å². The number of aromatic amines is 1. The van der Waals surface area contributed by atoms with Crippen molar-refractivity contribution in [3.8, 4) is 0 Å². The molecule has 5 heteroatoms.